The van der Waals surface area contributed by atoms with Gasteiger partial charge in [-0.25, -0.2) is 0 Å². The van der Waals surface area contributed by atoms with Crippen molar-refractivity contribution in [2.75, 3.05) is 13.6 Å². The van der Waals surface area contributed by atoms with Crippen LogP contribution < -0.4 is 5.73 Å². The fourth-order valence-electron chi connectivity index (χ4n) is 1.47. The van der Waals surface area contributed by atoms with Crippen LogP contribution in [-0.2, 0) is 11.2 Å². The molecule has 0 saturated carbocycles. The summed E-state index contributed by atoms with van der Waals surface area (Å²) in [5, 5.41) is 0. The van der Waals surface area contributed by atoms with Crippen molar-refractivity contribution >= 4 is 5.91 Å². The summed E-state index contributed by atoms with van der Waals surface area (Å²) in [5.41, 5.74) is 7.62. The molecular weight excluding hydrogens is 212 g/mol. The number of aryl methyl sites for hydroxylation is 1. The van der Waals surface area contributed by atoms with Gasteiger partial charge in [-0.15, -0.1) is 0 Å². The van der Waals surface area contributed by atoms with E-state index in [2.05, 4.69) is 0 Å². The first-order valence-electron chi connectivity index (χ1n) is 5.89. The topological polar surface area (TPSA) is 46.3 Å². The minimum Gasteiger partial charge on any atom is -0.339 e. The predicted molar refractivity (Wildman–Crippen MR) is 70.8 cm³/mol. The number of likely N-dealkylation sites (N-methyl/N-ethyl adjacent to an activating group) is 1. The Labute approximate surface area is 104 Å². The molecule has 0 saturated heterocycles. The SMILES string of the molecule is Cc1ccc(CC(=O)N(C)C(C)(C)CN)cc1. The fourth-order valence-corrected chi connectivity index (χ4v) is 1.47. The molecule has 0 aliphatic heterocycles. The van der Waals surface area contributed by atoms with Gasteiger partial charge in [0.05, 0.1) is 6.42 Å². The van der Waals surface area contributed by atoms with Gasteiger partial charge in [0.1, 0.15) is 0 Å². The molecule has 0 spiro atoms. The second-order valence-corrected chi connectivity index (χ2v) is 5.13. The summed E-state index contributed by atoms with van der Waals surface area (Å²) >= 11 is 0. The summed E-state index contributed by atoms with van der Waals surface area (Å²) in [6.45, 7) is 6.44. The van der Waals surface area contributed by atoms with Crippen molar-refractivity contribution in [1.29, 1.82) is 0 Å². The third-order valence-electron chi connectivity index (χ3n) is 3.26. The van der Waals surface area contributed by atoms with E-state index in [9.17, 15) is 4.79 Å². The number of rotatable bonds is 4. The number of amides is 1. The molecule has 0 unspecified atom stereocenters. The molecular formula is C14H22N2O. The van der Waals surface area contributed by atoms with E-state index < -0.39 is 0 Å². The molecule has 0 heterocycles. The van der Waals surface area contributed by atoms with Gasteiger partial charge in [-0.2, -0.15) is 0 Å². The first-order chi connectivity index (χ1) is 7.86. The summed E-state index contributed by atoms with van der Waals surface area (Å²) in [7, 11) is 1.81. The zero-order chi connectivity index (χ0) is 13.1. The number of carbonyl (C=O) groups is 1. The lowest BCUT2D eigenvalue weighted by atomic mass is 10.0. The summed E-state index contributed by atoms with van der Waals surface area (Å²) in [6.07, 6.45) is 0.431. The van der Waals surface area contributed by atoms with E-state index in [4.69, 9.17) is 5.73 Å². The summed E-state index contributed by atoms with van der Waals surface area (Å²) in [5.74, 6) is 0.101. The van der Waals surface area contributed by atoms with E-state index in [-0.39, 0.29) is 11.4 Å². The van der Waals surface area contributed by atoms with Crippen molar-refractivity contribution in [3.05, 3.63) is 35.4 Å². The Morgan fingerprint density at radius 1 is 1.29 bits per heavy atom. The van der Waals surface area contributed by atoms with Gasteiger partial charge in [-0.3, -0.25) is 4.79 Å². The Morgan fingerprint density at radius 3 is 2.29 bits per heavy atom. The van der Waals surface area contributed by atoms with E-state index in [0.29, 0.717) is 13.0 Å². The van der Waals surface area contributed by atoms with Gasteiger partial charge in [0.15, 0.2) is 0 Å². The molecule has 3 nitrogen and oxygen atoms in total. The molecule has 0 bridgehead atoms. The molecule has 0 aliphatic carbocycles. The standard InChI is InChI=1S/C14H22N2O/c1-11-5-7-12(8-6-11)9-13(17)16(4)14(2,3)10-15/h5-8H,9-10,15H2,1-4H3. The van der Waals surface area contributed by atoms with Crippen LogP contribution in [-0.4, -0.2) is 29.9 Å². The van der Waals surface area contributed by atoms with Crippen molar-refractivity contribution in [1.82, 2.24) is 4.90 Å². The van der Waals surface area contributed by atoms with E-state index in [1.54, 1.807) is 4.90 Å². The second kappa shape index (κ2) is 5.32. The monoisotopic (exact) mass is 234 g/mol. The Morgan fingerprint density at radius 2 is 1.82 bits per heavy atom. The van der Waals surface area contributed by atoms with Crippen LogP contribution in [0.5, 0.6) is 0 Å². The number of carbonyl (C=O) groups excluding carboxylic acids is 1. The molecule has 3 heteroatoms. The van der Waals surface area contributed by atoms with Gasteiger partial charge in [-0.1, -0.05) is 29.8 Å². The minimum atomic E-state index is -0.290. The lowest BCUT2D eigenvalue weighted by Gasteiger charge is -2.34. The lowest BCUT2D eigenvalue weighted by molar-refractivity contribution is -0.133. The molecule has 0 radical (unpaired) electrons. The molecule has 0 atom stereocenters. The van der Waals surface area contributed by atoms with Crippen LogP contribution in [0.1, 0.15) is 25.0 Å². The van der Waals surface area contributed by atoms with Crippen molar-refractivity contribution in [2.24, 2.45) is 5.73 Å². The maximum atomic E-state index is 12.1. The summed E-state index contributed by atoms with van der Waals surface area (Å²) < 4.78 is 0. The average Bonchev–Trinajstić information content (AvgIpc) is 2.31. The zero-order valence-electron chi connectivity index (χ0n) is 11.2. The number of nitrogens with two attached hydrogens (primary N) is 1. The van der Waals surface area contributed by atoms with Crippen LogP contribution in [0.15, 0.2) is 24.3 Å². The molecule has 94 valence electrons. The maximum Gasteiger partial charge on any atom is 0.227 e. The van der Waals surface area contributed by atoms with E-state index >= 15 is 0 Å². The second-order valence-electron chi connectivity index (χ2n) is 5.13. The highest BCUT2D eigenvalue weighted by molar-refractivity contribution is 5.79. The van der Waals surface area contributed by atoms with Crippen LogP contribution in [0.25, 0.3) is 0 Å². The number of hydrogen-bond donors (Lipinski definition) is 1. The number of hydrogen-bond acceptors (Lipinski definition) is 2. The molecule has 0 aromatic heterocycles. The average molecular weight is 234 g/mol. The molecule has 1 aromatic rings. The highest BCUT2D eigenvalue weighted by Gasteiger charge is 2.25. The Kier molecular flexibility index (Phi) is 4.29. The molecule has 0 fully saturated rings. The van der Waals surface area contributed by atoms with Crippen LogP contribution in [0.4, 0.5) is 0 Å². The molecule has 17 heavy (non-hydrogen) atoms. The molecule has 1 amide bonds. The van der Waals surface area contributed by atoms with Crippen LogP contribution in [0.3, 0.4) is 0 Å². The van der Waals surface area contributed by atoms with E-state index in [1.807, 2.05) is 52.1 Å². The van der Waals surface area contributed by atoms with Gasteiger partial charge in [-0.05, 0) is 26.3 Å². The Balaban J connectivity index is 2.69. The lowest BCUT2D eigenvalue weighted by Crippen LogP contribution is -2.50. The minimum absolute atomic E-state index is 0.101. The smallest absolute Gasteiger partial charge is 0.227 e. The number of nitrogens with zero attached hydrogens (tertiary/aromatic N) is 1. The molecule has 2 N–H and O–H groups in total. The third-order valence-corrected chi connectivity index (χ3v) is 3.26. The zero-order valence-corrected chi connectivity index (χ0v) is 11.2. The molecule has 0 aliphatic rings. The highest BCUT2D eigenvalue weighted by atomic mass is 16.2. The Hall–Kier alpha value is -1.35. The van der Waals surface area contributed by atoms with E-state index in [1.165, 1.54) is 5.56 Å². The number of benzene rings is 1. The van der Waals surface area contributed by atoms with Gasteiger partial charge in [0.2, 0.25) is 5.91 Å². The maximum absolute atomic E-state index is 12.1. The van der Waals surface area contributed by atoms with Crippen LogP contribution in [0.2, 0.25) is 0 Å². The van der Waals surface area contributed by atoms with Crippen LogP contribution in [0, 0.1) is 6.92 Å². The fraction of sp³-hybridized carbons (Fsp3) is 0.500. The van der Waals surface area contributed by atoms with Gasteiger partial charge in [0, 0.05) is 19.1 Å². The first kappa shape index (κ1) is 13.7. The molecule has 1 rings (SSSR count). The van der Waals surface area contributed by atoms with Crippen molar-refractivity contribution in [3.63, 3.8) is 0 Å². The van der Waals surface area contributed by atoms with Gasteiger partial charge >= 0.3 is 0 Å². The largest absolute Gasteiger partial charge is 0.339 e. The molecule has 1 aromatic carbocycles. The quantitative estimate of drug-likeness (QED) is 0.862. The van der Waals surface area contributed by atoms with Gasteiger partial charge < -0.3 is 10.6 Å². The normalized spacial score (nSPS) is 11.4. The van der Waals surface area contributed by atoms with Crippen molar-refractivity contribution in [2.45, 2.75) is 32.7 Å². The summed E-state index contributed by atoms with van der Waals surface area (Å²) in [6, 6.07) is 8.04. The highest BCUT2D eigenvalue weighted by Crippen LogP contribution is 2.13. The van der Waals surface area contributed by atoms with Crippen LogP contribution >= 0.6 is 0 Å². The Bertz CT molecular complexity index is 382. The van der Waals surface area contributed by atoms with Crippen molar-refractivity contribution < 1.29 is 4.79 Å². The van der Waals surface area contributed by atoms with Gasteiger partial charge in [0.25, 0.3) is 0 Å². The van der Waals surface area contributed by atoms with E-state index in [0.717, 1.165) is 5.56 Å². The van der Waals surface area contributed by atoms with Crippen molar-refractivity contribution in [3.8, 4) is 0 Å². The summed E-state index contributed by atoms with van der Waals surface area (Å²) in [4.78, 5) is 13.8. The third kappa shape index (κ3) is 3.56. The first-order valence-corrected chi connectivity index (χ1v) is 5.89. The predicted octanol–water partition coefficient (Wildman–Crippen LogP) is 1.73.